The van der Waals surface area contributed by atoms with Crippen molar-refractivity contribution >= 4 is 29.1 Å². The average Bonchev–Trinajstić information content (AvgIpc) is 2.82. The lowest BCUT2D eigenvalue weighted by molar-refractivity contribution is 0.0949. The van der Waals surface area contributed by atoms with E-state index in [2.05, 4.69) is 20.0 Å². The summed E-state index contributed by atoms with van der Waals surface area (Å²) >= 11 is 11.4. The zero-order valence-corrected chi connectivity index (χ0v) is 10.00. The number of hydrogen-bond acceptors (Lipinski definition) is 4. The highest BCUT2D eigenvalue weighted by Gasteiger charge is 2.09. The molecular weight excluding hydrogens is 265 g/mol. The van der Waals surface area contributed by atoms with Gasteiger partial charge in [-0.1, -0.05) is 28.4 Å². The van der Waals surface area contributed by atoms with E-state index in [-0.39, 0.29) is 22.6 Å². The number of carbonyl (C=O) groups is 1. The van der Waals surface area contributed by atoms with E-state index in [0.29, 0.717) is 11.3 Å². The highest BCUT2D eigenvalue weighted by Crippen LogP contribution is 2.19. The van der Waals surface area contributed by atoms with Gasteiger partial charge in [0, 0.05) is 12.3 Å². The third-order valence-corrected chi connectivity index (χ3v) is 2.67. The summed E-state index contributed by atoms with van der Waals surface area (Å²) in [5.41, 5.74) is 0.967. The quantitative estimate of drug-likeness (QED) is 0.870. The van der Waals surface area contributed by atoms with E-state index in [1.807, 2.05) is 0 Å². The van der Waals surface area contributed by atoms with Gasteiger partial charge in [-0.2, -0.15) is 0 Å². The second-order valence-corrected chi connectivity index (χ2v) is 3.94. The van der Waals surface area contributed by atoms with Crippen LogP contribution in [0.15, 0.2) is 29.1 Å². The van der Waals surface area contributed by atoms with Crippen LogP contribution in [0.4, 0.5) is 0 Å². The zero-order valence-electron chi connectivity index (χ0n) is 8.48. The molecule has 0 aromatic carbocycles. The Balaban J connectivity index is 2.02. The Morgan fingerprint density at radius 2 is 2.29 bits per heavy atom. The lowest BCUT2D eigenvalue weighted by atomic mass is 10.2. The first-order valence-corrected chi connectivity index (χ1v) is 5.41. The van der Waals surface area contributed by atoms with E-state index >= 15 is 0 Å². The average molecular weight is 272 g/mol. The van der Waals surface area contributed by atoms with Crippen LogP contribution in [0.3, 0.4) is 0 Å². The fourth-order valence-electron chi connectivity index (χ4n) is 1.15. The number of pyridine rings is 1. The van der Waals surface area contributed by atoms with Crippen molar-refractivity contribution in [3.63, 3.8) is 0 Å². The van der Waals surface area contributed by atoms with Gasteiger partial charge in [0.15, 0.2) is 0 Å². The van der Waals surface area contributed by atoms with Crippen LogP contribution in [0.5, 0.6) is 0 Å². The highest BCUT2D eigenvalue weighted by atomic mass is 35.5. The molecule has 2 aromatic heterocycles. The largest absolute Gasteiger partial charge is 0.364 e. The topological polar surface area (TPSA) is 68.0 Å². The van der Waals surface area contributed by atoms with E-state index in [4.69, 9.17) is 23.2 Å². The number of nitrogens with zero attached hydrogens (tertiary/aromatic N) is 2. The van der Waals surface area contributed by atoms with E-state index in [0.717, 1.165) is 0 Å². The van der Waals surface area contributed by atoms with Crippen molar-refractivity contribution in [3.05, 3.63) is 46.0 Å². The van der Waals surface area contributed by atoms with Crippen LogP contribution < -0.4 is 5.32 Å². The molecule has 0 spiro atoms. The minimum absolute atomic E-state index is 0.166. The molecule has 0 aliphatic carbocycles. The third kappa shape index (κ3) is 2.95. The smallest absolute Gasteiger partial charge is 0.253 e. The molecule has 17 heavy (non-hydrogen) atoms. The molecule has 0 bridgehead atoms. The Bertz CT molecular complexity index is 528. The van der Waals surface area contributed by atoms with Crippen molar-refractivity contribution in [2.45, 2.75) is 6.54 Å². The molecule has 0 fully saturated rings. The summed E-state index contributed by atoms with van der Waals surface area (Å²) in [7, 11) is 0. The summed E-state index contributed by atoms with van der Waals surface area (Å²) < 4.78 is 4.64. The fourth-order valence-corrected chi connectivity index (χ4v) is 1.42. The van der Waals surface area contributed by atoms with Crippen molar-refractivity contribution < 1.29 is 9.32 Å². The summed E-state index contributed by atoms with van der Waals surface area (Å²) in [6.45, 7) is 0.273. The summed E-state index contributed by atoms with van der Waals surface area (Å²) in [5, 5.41) is 6.71. The zero-order chi connectivity index (χ0) is 12.3. The number of nitrogens with one attached hydrogen (secondary N) is 1. The number of hydrogen-bond donors (Lipinski definition) is 1. The normalized spacial score (nSPS) is 10.2. The number of carbonyl (C=O) groups excluding carboxylic acids is 1. The van der Waals surface area contributed by atoms with Crippen molar-refractivity contribution in [1.82, 2.24) is 15.5 Å². The first-order valence-electron chi connectivity index (χ1n) is 4.65. The van der Waals surface area contributed by atoms with Crippen molar-refractivity contribution in [2.24, 2.45) is 0 Å². The lowest BCUT2D eigenvalue weighted by Gasteiger charge is -2.03. The predicted octanol–water partition coefficient (Wildman–Crippen LogP) is 2.31. The van der Waals surface area contributed by atoms with Gasteiger partial charge in [-0.05, 0) is 6.07 Å². The van der Waals surface area contributed by atoms with Crippen LogP contribution in [-0.2, 0) is 6.54 Å². The van der Waals surface area contributed by atoms with Crippen LogP contribution in [0.25, 0.3) is 0 Å². The van der Waals surface area contributed by atoms with Gasteiger partial charge in [0.05, 0.1) is 17.1 Å². The maximum atomic E-state index is 11.7. The second-order valence-electron chi connectivity index (χ2n) is 3.17. The van der Waals surface area contributed by atoms with Gasteiger partial charge >= 0.3 is 0 Å². The first kappa shape index (κ1) is 11.9. The molecule has 88 valence electrons. The molecule has 0 unspecified atom stereocenters. The van der Waals surface area contributed by atoms with E-state index < -0.39 is 0 Å². The molecule has 2 heterocycles. The van der Waals surface area contributed by atoms with Crippen molar-refractivity contribution in [2.75, 3.05) is 0 Å². The summed E-state index contributed by atoms with van der Waals surface area (Å²) in [5.74, 6) is -0.306. The SMILES string of the molecule is O=C(NCc1ccon1)c1cnc(Cl)c(Cl)c1. The molecule has 2 rings (SSSR count). The molecular formula is C10H7Cl2N3O2. The third-order valence-electron chi connectivity index (χ3n) is 1.98. The molecule has 0 radical (unpaired) electrons. The molecule has 0 aliphatic rings. The van der Waals surface area contributed by atoms with Gasteiger partial charge in [-0.25, -0.2) is 4.98 Å². The lowest BCUT2D eigenvalue weighted by Crippen LogP contribution is -2.23. The Morgan fingerprint density at radius 3 is 2.94 bits per heavy atom. The monoisotopic (exact) mass is 271 g/mol. The standard InChI is InChI=1S/C10H7Cl2N3O2/c11-8-3-6(4-13-9(8)12)10(16)14-5-7-1-2-17-15-7/h1-4H,5H2,(H,14,16). The molecule has 0 aliphatic heterocycles. The molecule has 2 aromatic rings. The van der Waals surface area contributed by atoms with Gasteiger partial charge in [-0.15, -0.1) is 0 Å². The molecule has 1 amide bonds. The summed E-state index contributed by atoms with van der Waals surface area (Å²) in [6, 6.07) is 3.11. The Morgan fingerprint density at radius 1 is 1.47 bits per heavy atom. The van der Waals surface area contributed by atoms with Gasteiger partial charge in [0.25, 0.3) is 5.91 Å². The van der Waals surface area contributed by atoms with E-state index in [1.54, 1.807) is 6.07 Å². The molecule has 1 N–H and O–H groups in total. The van der Waals surface area contributed by atoms with E-state index in [1.165, 1.54) is 18.5 Å². The Labute approximate surface area is 107 Å². The summed E-state index contributed by atoms with van der Waals surface area (Å²) in [6.07, 6.45) is 2.79. The molecule has 0 saturated carbocycles. The maximum absolute atomic E-state index is 11.7. The second kappa shape index (κ2) is 5.16. The fraction of sp³-hybridized carbons (Fsp3) is 0.100. The minimum atomic E-state index is -0.306. The van der Waals surface area contributed by atoms with E-state index in [9.17, 15) is 4.79 Å². The van der Waals surface area contributed by atoms with Crippen LogP contribution in [0, 0.1) is 0 Å². The van der Waals surface area contributed by atoms with Crippen LogP contribution in [0.2, 0.25) is 10.2 Å². The number of halogens is 2. The van der Waals surface area contributed by atoms with Crippen molar-refractivity contribution in [1.29, 1.82) is 0 Å². The number of aromatic nitrogens is 2. The van der Waals surface area contributed by atoms with Gasteiger partial charge in [0.1, 0.15) is 17.1 Å². The van der Waals surface area contributed by atoms with Crippen molar-refractivity contribution in [3.8, 4) is 0 Å². The Hall–Kier alpha value is -1.59. The minimum Gasteiger partial charge on any atom is -0.364 e. The summed E-state index contributed by atoms with van der Waals surface area (Å²) in [4.78, 5) is 15.5. The molecule has 5 nitrogen and oxygen atoms in total. The maximum Gasteiger partial charge on any atom is 0.253 e. The van der Waals surface area contributed by atoms with Gasteiger partial charge in [0.2, 0.25) is 0 Å². The Kier molecular flexibility index (Phi) is 3.61. The van der Waals surface area contributed by atoms with Crippen LogP contribution in [-0.4, -0.2) is 16.0 Å². The molecule has 7 heteroatoms. The van der Waals surface area contributed by atoms with Gasteiger partial charge in [-0.3, -0.25) is 4.79 Å². The van der Waals surface area contributed by atoms with Crippen LogP contribution in [0.1, 0.15) is 16.1 Å². The molecule has 0 saturated heterocycles. The number of rotatable bonds is 3. The number of amides is 1. The van der Waals surface area contributed by atoms with Gasteiger partial charge < -0.3 is 9.84 Å². The highest BCUT2D eigenvalue weighted by molar-refractivity contribution is 6.41. The first-order chi connectivity index (χ1) is 8.16. The van der Waals surface area contributed by atoms with Crippen LogP contribution >= 0.6 is 23.2 Å². The molecule has 0 atom stereocenters. The predicted molar refractivity (Wildman–Crippen MR) is 61.9 cm³/mol.